The van der Waals surface area contributed by atoms with Crippen molar-refractivity contribution in [2.45, 2.75) is 13.8 Å². The smallest absolute Gasteiger partial charge is 0.267 e. The van der Waals surface area contributed by atoms with Crippen LogP contribution in [-0.4, -0.2) is 21.0 Å². The lowest BCUT2D eigenvalue weighted by molar-refractivity contribution is 0.103. The molecular formula is C17H14ClFN4O2S. The first kappa shape index (κ1) is 18.1. The molecule has 6 nitrogen and oxygen atoms in total. The van der Waals surface area contributed by atoms with Crippen molar-refractivity contribution in [2.75, 3.05) is 10.6 Å². The molecule has 9 heteroatoms. The number of amides is 1. The minimum atomic E-state index is -0.545. The molecule has 0 aliphatic heterocycles. The standard InChI is InChI=1S/C17H14ClFN4O2S/c1-8-3-4-12(24)9(2)14(8)22-16(25)13-7-21-17(26-13)23-15-11(18)5-10(19)6-20-15/h3-7,24H,1-2H3,(H,22,25)(H,20,21,23). The minimum Gasteiger partial charge on any atom is -0.508 e. The molecule has 3 rings (SSSR count). The second kappa shape index (κ2) is 7.27. The highest BCUT2D eigenvalue weighted by atomic mass is 35.5. The Bertz CT molecular complexity index is 993. The summed E-state index contributed by atoms with van der Waals surface area (Å²) in [7, 11) is 0. The topological polar surface area (TPSA) is 87.1 Å². The van der Waals surface area contributed by atoms with Gasteiger partial charge in [0.15, 0.2) is 10.9 Å². The summed E-state index contributed by atoms with van der Waals surface area (Å²) in [6.45, 7) is 3.56. The number of carbonyl (C=O) groups is 1. The number of thiazole rings is 1. The number of nitrogens with zero attached hydrogens (tertiary/aromatic N) is 2. The Kier molecular flexibility index (Phi) is 5.06. The lowest BCUT2D eigenvalue weighted by Gasteiger charge is -2.11. The minimum absolute atomic E-state index is 0.106. The Morgan fingerprint density at radius 1 is 1.27 bits per heavy atom. The molecule has 134 valence electrons. The van der Waals surface area contributed by atoms with Crippen LogP contribution in [-0.2, 0) is 0 Å². The summed E-state index contributed by atoms with van der Waals surface area (Å²) in [6.07, 6.45) is 2.44. The van der Waals surface area contributed by atoms with Gasteiger partial charge in [-0.2, -0.15) is 0 Å². The van der Waals surface area contributed by atoms with E-state index in [0.717, 1.165) is 29.2 Å². The lowest BCUT2D eigenvalue weighted by atomic mass is 10.1. The van der Waals surface area contributed by atoms with Crippen LogP contribution in [0.3, 0.4) is 0 Å². The van der Waals surface area contributed by atoms with Crippen LogP contribution in [0.15, 0.2) is 30.6 Å². The van der Waals surface area contributed by atoms with Gasteiger partial charge < -0.3 is 15.7 Å². The monoisotopic (exact) mass is 392 g/mol. The summed E-state index contributed by atoms with van der Waals surface area (Å²) < 4.78 is 13.0. The zero-order valence-electron chi connectivity index (χ0n) is 13.8. The molecule has 3 N–H and O–H groups in total. The van der Waals surface area contributed by atoms with Crippen LogP contribution in [0.1, 0.15) is 20.8 Å². The lowest BCUT2D eigenvalue weighted by Crippen LogP contribution is -2.12. The molecule has 0 saturated carbocycles. The average molecular weight is 393 g/mol. The van der Waals surface area contributed by atoms with Gasteiger partial charge in [-0.1, -0.05) is 29.0 Å². The third kappa shape index (κ3) is 3.76. The number of hydrogen-bond acceptors (Lipinski definition) is 6. The van der Waals surface area contributed by atoms with Crippen LogP contribution in [0.5, 0.6) is 5.75 Å². The first-order chi connectivity index (χ1) is 12.3. The number of halogens is 2. The number of aryl methyl sites for hydroxylation is 1. The van der Waals surface area contributed by atoms with Crippen LogP contribution in [0.2, 0.25) is 5.02 Å². The molecule has 3 aromatic rings. The summed E-state index contributed by atoms with van der Waals surface area (Å²) in [5.41, 5.74) is 1.98. The van der Waals surface area contributed by atoms with Crippen LogP contribution < -0.4 is 10.6 Å². The summed E-state index contributed by atoms with van der Waals surface area (Å²) >= 11 is 7.01. The number of carbonyl (C=O) groups excluding carboxylic acids is 1. The number of aromatic hydroxyl groups is 1. The van der Waals surface area contributed by atoms with Gasteiger partial charge >= 0.3 is 0 Å². The molecule has 2 heterocycles. The van der Waals surface area contributed by atoms with E-state index in [9.17, 15) is 14.3 Å². The van der Waals surface area contributed by atoms with Crippen molar-refractivity contribution in [3.63, 3.8) is 0 Å². The van der Waals surface area contributed by atoms with Gasteiger partial charge in [0.05, 0.1) is 23.1 Å². The third-order valence-electron chi connectivity index (χ3n) is 3.65. The number of rotatable bonds is 4. The summed E-state index contributed by atoms with van der Waals surface area (Å²) in [5, 5.41) is 15.9. The number of nitrogens with one attached hydrogen (secondary N) is 2. The molecule has 0 radical (unpaired) electrons. The van der Waals surface area contributed by atoms with E-state index >= 15 is 0 Å². The van der Waals surface area contributed by atoms with Crippen molar-refractivity contribution in [3.05, 3.63) is 57.4 Å². The van der Waals surface area contributed by atoms with Crippen molar-refractivity contribution in [1.29, 1.82) is 0 Å². The highest BCUT2D eigenvalue weighted by molar-refractivity contribution is 7.17. The van der Waals surface area contributed by atoms with Crippen molar-refractivity contribution in [3.8, 4) is 5.75 Å². The van der Waals surface area contributed by atoms with Gasteiger partial charge in [0, 0.05) is 5.56 Å². The molecule has 0 atom stereocenters. The molecular weight excluding hydrogens is 379 g/mol. The van der Waals surface area contributed by atoms with Gasteiger partial charge in [-0.3, -0.25) is 4.79 Å². The molecule has 26 heavy (non-hydrogen) atoms. The molecule has 1 amide bonds. The average Bonchev–Trinajstić information content (AvgIpc) is 3.06. The first-order valence-corrected chi connectivity index (χ1v) is 8.69. The van der Waals surface area contributed by atoms with Crippen LogP contribution >= 0.6 is 22.9 Å². The normalized spacial score (nSPS) is 10.6. The van der Waals surface area contributed by atoms with Crippen LogP contribution in [0.25, 0.3) is 0 Å². The second-order valence-electron chi connectivity index (χ2n) is 5.49. The van der Waals surface area contributed by atoms with Gasteiger partial charge in [-0.05, 0) is 31.5 Å². The Labute approximate surface area is 157 Å². The van der Waals surface area contributed by atoms with E-state index in [4.69, 9.17) is 11.6 Å². The van der Waals surface area contributed by atoms with E-state index in [1.807, 2.05) is 6.92 Å². The van der Waals surface area contributed by atoms with Crippen LogP contribution in [0, 0.1) is 19.7 Å². The highest BCUT2D eigenvalue weighted by Crippen LogP contribution is 2.30. The molecule has 1 aromatic carbocycles. The van der Waals surface area contributed by atoms with E-state index < -0.39 is 5.82 Å². The van der Waals surface area contributed by atoms with Crippen molar-refractivity contribution in [1.82, 2.24) is 9.97 Å². The number of aromatic nitrogens is 2. The van der Waals surface area contributed by atoms with E-state index in [0.29, 0.717) is 21.3 Å². The molecule has 0 saturated heterocycles. The van der Waals surface area contributed by atoms with Crippen molar-refractivity contribution < 1.29 is 14.3 Å². The summed E-state index contributed by atoms with van der Waals surface area (Å²) in [6, 6.07) is 4.43. The predicted molar refractivity (Wildman–Crippen MR) is 100 cm³/mol. The summed E-state index contributed by atoms with van der Waals surface area (Å²) in [4.78, 5) is 20.8. The molecule has 0 spiro atoms. The number of phenols is 1. The van der Waals surface area contributed by atoms with Gasteiger partial charge in [0.1, 0.15) is 16.4 Å². The molecule has 0 bridgehead atoms. The maximum atomic E-state index is 13.0. The Morgan fingerprint density at radius 3 is 2.77 bits per heavy atom. The maximum absolute atomic E-state index is 13.0. The number of pyridine rings is 1. The van der Waals surface area contributed by atoms with E-state index in [2.05, 4.69) is 20.6 Å². The Hall–Kier alpha value is -2.71. The first-order valence-electron chi connectivity index (χ1n) is 7.49. The fraction of sp³-hybridized carbons (Fsp3) is 0.118. The molecule has 2 aromatic heterocycles. The quantitative estimate of drug-likeness (QED) is 0.601. The fourth-order valence-electron chi connectivity index (χ4n) is 2.25. The number of anilines is 3. The number of hydrogen-bond donors (Lipinski definition) is 3. The number of benzene rings is 1. The van der Waals surface area contributed by atoms with E-state index in [1.165, 1.54) is 6.20 Å². The van der Waals surface area contributed by atoms with E-state index in [1.54, 1.807) is 19.1 Å². The van der Waals surface area contributed by atoms with Gasteiger partial charge in [0.25, 0.3) is 5.91 Å². The number of phenolic OH excluding ortho intramolecular Hbond substituents is 1. The van der Waals surface area contributed by atoms with Gasteiger partial charge in [0.2, 0.25) is 0 Å². The highest BCUT2D eigenvalue weighted by Gasteiger charge is 2.15. The predicted octanol–water partition coefficient (Wildman–Crippen LogP) is 4.65. The van der Waals surface area contributed by atoms with Crippen molar-refractivity contribution >= 4 is 45.5 Å². The van der Waals surface area contributed by atoms with Gasteiger partial charge in [-0.15, -0.1) is 0 Å². The van der Waals surface area contributed by atoms with E-state index in [-0.39, 0.29) is 22.5 Å². The van der Waals surface area contributed by atoms with Crippen molar-refractivity contribution in [2.24, 2.45) is 0 Å². The SMILES string of the molecule is Cc1ccc(O)c(C)c1NC(=O)c1cnc(Nc2ncc(F)cc2Cl)s1. The zero-order valence-corrected chi connectivity index (χ0v) is 15.4. The third-order valence-corrected chi connectivity index (χ3v) is 4.85. The largest absolute Gasteiger partial charge is 0.508 e. The molecule has 0 aliphatic carbocycles. The molecule has 0 aliphatic rings. The summed E-state index contributed by atoms with van der Waals surface area (Å²) in [5.74, 6) is -0.550. The zero-order chi connectivity index (χ0) is 18.8. The second-order valence-corrected chi connectivity index (χ2v) is 6.93. The molecule has 0 fully saturated rings. The Morgan fingerprint density at radius 2 is 2.04 bits per heavy atom. The molecule has 0 unspecified atom stereocenters. The Balaban J connectivity index is 1.77. The maximum Gasteiger partial charge on any atom is 0.267 e. The van der Waals surface area contributed by atoms with Gasteiger partial charge in [-0.25, -0.2) is 14.4 Å². The fourth-order valence-corrected chi connectivity index (χ4v) is 3.16. The van der Waals surface area contributed by atoms with Crippen LogP contribution in [0.4, 0.5) is 21.0 Å².